The van der Waals surface area contributed by atoms with Crippen molar-refractivity contribution in [1.82, 2.24) is 0 Å². The molecule has 0 spiro atoms. The van der Waals surface area contributed by atoms with Gasteiger partial charge in [0.15, 0.2) is 0 Å². The topological polar surface area (TPSA) is 66.8 Å². The SMILES string of the molecule is CC(C)(C)c1ccc(C(C)(OP(=O)(O)O)c2ccc(C(C)(C)C)cc2C(C)(C)C)c(C(C)(C)C)c1.[LiH]. The molecule has 0 fully saturated rings. The Morgan fingerprint density at radius 3 is 1.08 bits per heavy atom. The summed E-state index contributed by atoms with van der Waals surface area (Å²) in [6, 6.07) is 12.5. The van der Waals surface area contributed by atoms with Crippen molar-refractivity contribution in [3.05, 3.63) is 69.8 Å². The van der Waals surface area contributed by atoms with Gasteiger partial charge in [-0.2, -0.15) is 0 Å². The van der Waals surface area contributed by atoms with Gasteiger partial charge in [0, 0.05) is 0 Å². The van der Waals surface area contributed by atoms with E-state index in [1.54, 1.807) is 6.92 Å². The summed E-state index contributed by atoms with van der Waals surface area (Å²) >= 11 is 0. The predicted octanol–water partition coefficient (Wildman–Crippen LogP) is 7.60. The molecule has 2 N–H and O–H groups in total. The second-order valence-electron chi connectivity index (χ2n) is 14.1. The summed E-state index contributed by atoms with van der Waals surface area (Å²) < 4.78 is 18.2. The van der Waals surface area contributed by atoms with Gasteiger partial charge in [0.2, 0.25) is 0 Å². The van der Waals surface area contributed by atoms with Crippen LogP contribution >= 0.6 is 7.82 Å². The van der Waals surface area contributed by atoms with Crippen LogP contribution in [0.3, 0.4) is 0 Å². The third-order valence-corrected chi connectivity index (χ3v) is 7.32. The average molecular weight is 511 g/mol. The molecular weight excluding hydrogens is 462 g/mol. The molecule has 0 atom stereocenters. The van der Waals surface area contributed by atoms with E-state index in [2.05, 4.69) is 107 Å². The predicted molar refractivity (Wildman–Crippen MR) is 154 cm³/mol. The fraction of sp³-hybridized carbons (Fsp3) is 0.600. The maximum atomic E-state index is 12.4. The van der Waals surface area contributed by atoms with Gasteiger partial charge in [-0.15, -0.1) is 0 Å². The average Bonchev–Trinajstić information content (AvgIpc) is 2.62. The fourth-order valence-corrected chi connectivity index (χ4v) is 5.25. The summed E-state index contributed by atoms with van der Waals surface area (Å²) in [5.74, 6) is 0. The van der Waals surface area contributed by atoms with Crippen molar-refractivity contribution in [2.45, 2.75) is 117 Å². The summed E-state index contributed by atoms with van der Waals surface area (Å²) in [6.45, 7) is 27.6. The van der Waals surface area contributed by atoms with Crippen molar-refractivity contribution in [2.75, 3.05) is 0 Å². The molecule has 2 aromatic rings. The molecule has 0 aliphatic carbocycles. The number of rotatable bonds is 4. The molecule has 4 nitrogen and oxygen atoms in total. The van der Waals surface area contributed by atoms with Crippen LogP contribution in [0.25, 0.3) is 0 Å². The van der Waals surface area contributed by atoms with Crippen LogP contribution in [0.4, 0.5) is 0 Å². The minimum atomic E-state index is -4.85. The Kier molecular flexibility index (Phi) is 9.56. The second-order valence-corrected chi connectivity index (χ2v) is 15.3. The Balaban J connectivity index is 0.00000648. The van der Waals surface area contributed by atoms with Gasteiger partial charge in [-0.3, -0.25) is 4.52 Å². The summed E-state index contributed by atoms with van der Waals surface area (Å²) in [6.07, 6.45) is 0. The molecule has 0 bridgehead atoms. The Labute approximate surface area is 232 Å². The summed E-state index contributed by atoms with van der Waals surface area (Å²) in [4.78, 5) is 20.2. The molecule has 0 heterocycles. The third kappa shape index (κ3) is 7.60. The number of phosphoric acid groups is 1. The Morgan fingerprint density at radius 2 is 0.861 bits per heavy atom. The number of phosphoric ester groups is 1. The first-order chi connectivity index (χ1) is 15.4. The van der Waals surface area contributed by atoms with Crippen LogP contribution in [-0.2, 0) is 36.3 Å². The van der Waals surface area contributed by atoms with Crippen molar-refractivity contribution < 1.29 is 18.9 Å². The van der Waals surface area contributed by atoms with Gasteiger partial charge in [-0.1, -0.05) is 119 Å². The van der Waals surface area contributed by atoms with Crippen molar-refractivity contribution in [1.29, 1.82) is 0 Å². The van der Waals surface area contributed by atoms with E-state index in [9.17, 15) is 14.4 Å². The summed E-state index contributed by atoms with van der Waals surface area (Å²) in [5, 5.41) is 0. The van der Waals surface area contributed by atoms with Gasteiger partial charge in [0.25, 0.3) is 0 Å². The van der Waals surface area contributed by atoms with Crippen LogP contribution in [-0.4, -0.2) is 28.6 Å². The minimum absolute atomic E-state index is 0. The van der Waals surface area contributed by atoms with E-state index in [1.807, 2.05) is 12.1 Å². The van der Waals surface area contributed by atoms with Gasteiger partial charge in [0.1, 0.15) is 5.60 Å². The molecule has 0 aliphatic heterocycles. The first-order valence-corrected chi connectivity index (χ1v) is 14.0. The van der Waals surface area contributed by atoms with Crippen LogP contribution in [0.1, 0.15) is 123 Å². The zero-order chi connectivity index (χ0) is 27.4. The summed E-state index contributed by atoms with van der Waals surface area (Å²) in [5.41, 5.74) is 3.87. The van der Waals surface area contributed by atoms with Gasteiger partial charge >= 0.3 is 26.7 Å². The quantitative estimate of drug-likeness (QED) is 0.328. The van der Waals surface area contributed by atoms with E-state index in [-0.39, 0.29) is 40.5 Å². The first kappa shape index (κ1) is 33.2. The van der Waals surface area contributed by atoms with Crippen LogP contribution < -0.4 is 0 Å². The molecule has 0 amide bonds. The van der Waals surface area contributed by atoms with Gasteiger partial charge in [-0.25, -0.2) is 4.57 Å². The van der Waals surface area contributed by atoms with E-state index in [1.165, 1.54) is 11.1 Å². The monoisotopic (exact) mass is 510 g/mol. The maximum absolute atomic E-state index is 12.4. The molecule has 0 saturated carbocycles. The van der Waals surface area contributed by atoms with Gasteiger partial charge in [0.05, 0.1) is 0 Å². The molecule has 198 valence electrons. The van der Waals surface area contributed by atoms with E-state index in [0.717, 1.165) is 22.3 Å². The van der Waals surface area contributed by atoms with Crippen LogP contribution in [0.2, 0.25) is 0 Å². The van der Waals surface area contributed by atoms with Crippen molar-refractivity contribution in [3.8, 4) is 0 Å². The van der Waals surface area contributed by atoms with Crippen molar-refractivity contribution in [2.24, 2.45) is 0 Å². The fourth-order valence-electron chi connectivity index (χ4n) is 4.58. The van der Waals surface area contributed by atoms with E-state index in [4.69, 9.17) is 4.52 Å². The zero-order valence-electron chi connectivity index (χ0n) is 24.1. The van der Waals surface area contributed by atoms with Crippen molar-refractivity contribution >= 4 is 26.7 Å². The second kappa shape index (κ2) is 10.4. The normalized spacial score (nSPS) is 14.0. The summed E-state index contributed by atoms with van der Waals surface area (Å²) in [7, 11) is -4.85. The molecule has 6 heteroatoms. The van der Waals surface area contributed by atoms with E-state index >= 15 is 0 Å². The number of hydrogen-bond acceptors (Lipinski definition) is 2. The molecule has 0 aromatic heterocycles. The first-order valence-electron chi connectivity index (χ1n) is 12.4. The van der Waals surface area contributed by atoms with Gasteiger partial charge in [-0.05, 0) is 62.0 Å². The molecule has 0 unspecified atom stereocenters. The molecule has 0 aliphatic rings. The Bertz CT molecular complexity index is 1040. The molecule has 2 aromatic carbocycles. The third-order valence-electron chi connectivity index (χ3n) is 6.72. The standard InChI is InChI=1S/C30H47O4P.Li.H/c1-26(2,3)20-14-16-22(24(18-20)28(7,8)9)30(13,34-35(31,32)33)23-17-15-21(27(4,5)6)19-25(23)29(10,11)12;;/h14-19H,1-13H3,(H2,31,32,33);;. The van der Waals surface area contributed by atoms with Crippen LogP contribution in [0, 0.1) is 0 Å². The van der Waals surface area contributed by atoms with Crippen LogP contribution in [0.15, 0.2) is 36.4 Å². The molecular formula is C30H48LiO4P. The Hall–Kier alpha value is -0.853. The van der Waals surface area contributed by atoms with Crippen molar-refractivity contribution in [3.63, 3.8) is 0 Å². The van der Waals surface area contributed by atoms with Gasteiger partial charge < -0.3 is 9.79 Å². The molecule has 36 heavy (non-hydrogen) atoms. The number of benzene rings is 2. The molecule has 0 radical (unpaired) electrons. The zero-order valence-corrected chi connectivity index (χ0v) is 25.0. The van der Waals surface area contributed by atoms with E-state index < -0.39 is 13.4 Å². The van der Waals surface area contributed by atoms with Crippen LogP contribution in [0.5, 0.6) is 0 Å². The Morgan fingerprint density at radius 1 is 0.556 bits per heavy atom. The molecule has 2 rings (SSSR count). The van der Waals surface area contributed by atoms with E-state index in [0.29, 0.717) is 0 Å². The number of hydrogen-bond donors (Lipinski definition) is 2. The molecule has 0 saturated heterocycles.